The van der Waals surface area contributed by atoms with Gasteiger partial charge in [-0.2, -0.15) is 11.8 Å². The van der Waals surface area contributed by atoms with Crippen molar-refractivity contribution in [2.75, 3.05) is 56.7 Å². The van der Waals surface area contributed by atoms with Crippen molar-refractivity contribution in [1.82, 2.24) is 10.2 Å². The van der Waals surface area contributed by atoms with Gasteiger partial charge in [0.05, 0.1) is 6.61 Å². The number of sulfone groups is 1. The maximum absolute atomic E-state index is 12.4. The zero-order chi connectivity index (χ0) is 15.3. The molecule has 2 fully saturated rings. The summed E-state index contributed by atoms with van der Waals surface area (Å²) in [7, 11) is -3.02. The van der Waals surface area contributed by atoms with Crippen LogP contribution < -0.4 is 5.32 Å². The first kappa shape index (κ1) is 17.5. The Bertz CT molecular complexity index is 422. The number of rotatable bonds is 7. The molecule has 2 heterocycles. The Hall–Kier alpha value is 0.180. The first-order valence-corrected chi connectivity index (χ1v) is 10.7. The molecule has 5 nitrogen and oxygen atoms in total. The van der Waals surface area contributed by atoms with Crippen LogP contribution in [0.4, 0.5) is 0 Å². The summed E-state index contributed by atoms with van der Waals surface area (Å²) in [5.41, 5.74) is 0.0690. The van der Waals surface area contributed by atoms with Crippen molar-refractivity contribution >= 4 is 21.6 Å². The average Bonchev–Trinajstić information content (AvgIpc) is 2.94. The van der Waals surface area contributed by atoms with Gasteiger partial charge in [0.2, 0.25) is 0 Å². The van der Waals surface area contributed by atoms with Crippen LogP contribution in [0.5, 0.6) is 0 Å². The number of thioether (sulfide) groups is 1. The van der Waals surface area contributed by atoms with Crippen LogP contribution in [-0.2, 0) is 14.6 Å². The highest BCUT2D eigenvalue weighted by atomic mass is 32.2. The highest BCUT2D eigenvalue weighted by molar-refractivity contribution is 8.01. The van der Waals surface area contributed by atoms with E-state index in [1.807, 2.05) is 0 Å². The highest BCUT2D eigenvalue weighted by Crippen LogP contribution is 2.32. The van der Waals surface area contributed by atoms with Crippen LogP contribution in [0.1, 0.15) is 20.3 Å². The maximum atomic E-state index is 12.4. The summed E-state index contributed by atoms with van der Waals surface area (Å²) >= 11 is 1.76. The fourth-order valence-corrected chi connectivity index (χ4v) is 6.19. The third kappa shape index (κ3) is 4.34. The minimum atomic E-state index is -3.02. The molecule has 2 unspecified atom stereocenters. The molecular weight excluding hydrogens is 308 g/mol. The van der Waals surface area contributed by atoms with E-state index in [4.69, 9.17) is 4.74 Å². The molecule has 1 N–H and O–H groups in total. The molecule has 2 aliphatic heterocycles. The molecule has 0 aliphatic carbocycles. The van der Waals surface area contributed by atoms with Crippen LogP contribution in [0.3, 0.4) is 0 Å². The predicted molar refractivity (Wildman–Crippen MR) is 88.6 cm³/mol. The normalized spacial score (nSPS) is 31.6. The van der Waals surface area contributed by atoms with Crippen molar-refractivity contribution in [3.05, 3.63) is 0 Å². The molecule has 2 aliphatic rings. The molecule has 0 radical (unpaired) electrons. The number of ether oxygens (including phenoxy) is 1. The van der Waals surface area contributed by atoms with E-state index in [9.17, 15) is 8.42 Å². The van der Waals surface area contributed by atoms with E-state index in [-0.39, 0.29) is 16.5 Å². The van der Waals surface area contributed by atoms with Gasteiger partial charge in [-0.25, -0.2) is 8.42 Å². The summed E-state index contributed by atoms with van der Waals surface area (Å²) in [6.45, 7) is 8.92. The van der Waals surface area contributed by atoms with E-state index in [1.54, 1.807) is 18.7 Å². The summed E-state index contributed by atoms with van der Waals surface area (Å²) in [6.07, 6.45) is 1.02. The third-order valence-corrected chi connectivity index (χ3v) is 7.81. The van der Waals surface area contributed by atoms with Gasteiger partial charge in [0.25, 0.3) is 0 Å². The van der Waals surface area contributed by atoms with Crippen LogP contribution in [0.25, 0.3) is 0 Å². The Balaban J connectivity index is 2.10. The number of nitrogens with zero attached hydrogens (tertiary/aromatic N) is 1. The third-order valence-electron chi connectivity index (χ3n) is 4.48. The summed E-state index contributed by atoms with van der Waals surface area (Å²) in [5, 5.41) is 3.11. The fourth-order valence-electron chi connectivity index (χ4n) is 3.11. The van der Waals surface area contributed by atoms with Gasteiger partial charge in [-0.1, -0.05) is 13.8 Å². The van der Waals surface area contributed by atoms with Gasteiger partial charge in [0.15, 0.2) is 9.84 Å². The molecule has 0 aromatic rings. The monoisotopic (exact) mass is 336 g/mol. The SMILES string of the molecule is CCNCC1(CN2CCSCC2S(=O)(=O)CC)CCOC1. The second-order valence-corrected chi connectivity index (χ2v) is 9.63. The van der Waals surface area contributed by atoms with E-state index < -0.39 is 9.84 Å². The molecule has 0 amide bonds. The zero-order valence-electron chi connectivity index (χ0n) is 13.1. The van der Waals surface area contributed by atoms with Gasteiger partial charge in [-0.15, -0.1) is 0 Å². The summed E-state index contributed by atoms with van der Waals surface area (Å²) in [4.78, 5) is 2.20. The molecule has 0 spiro atoms. The van der Waals surface area contributed by atoms with E-state index >= 15 is 0 Å². The summed E-state index contributed by atoms with van der Waals surface area (Å²) in [6, 6.07) is 0. The molecule has 124 valence electrons. The Morgan fingerprint density at radius 3 is 2.86 bits per heavy atom. The molecule has 7 heteroatoms. The first-order chi connectivity index (χ1) is 10.0. The standard InChI is InChI=1S/C14H28N2O3S2/c1-3-15-10-14(5-7-19-12-14)11-16-6-8-20-9-13(16)21(17,18)4-2/h13,15H,3-12H2,1-2H3. The molecule has 21 heavy (non-hydrogen) atoms. The van der Waals surface area contributed by atoms with Crippen LogP contribution >= 0.6 is 11.8 Å². The molecule has 0 saturated carbocycles. The van der Waals surface area contributed by atoms with Crippen molar-refractivity contribution in [3.63, 3.8) is 0 Å². The van der Waals surface area contributed by atoms with Gasteiger partial charge < -0.3 is 10.1 Å². The van der Waals surface area contributed by atoms with E-state index in [0.717, 1.165) is 51.6 Å². The Kier molecular flexibility index (Phi) is 6.38. The Labute approximate surface area is 133 Å². The van der Waals surface area contributed by atoms with E-state index in [0.29, 0.717) is 5.75 Å². The second-order valence-electron chi connectivity index (χ2n) is 6.03. The molecule has 2 saturated heterocycles. The van der Waals surface area contributed by atoms with Gasteiger partial charge in [-0.05, 0) is 13.0 Å². The van der Waals surface area contributed by atoms with Gasteiger partial charge in [0.1, 0.15) is 5.37 Å². The van der Waals surface area contributed by atoms with Gasteiger partial charge in [-0.3, -0.25) is 4.90 Å². The second kappa shape index (κ2) is 7.64. The zero-order valence-corrected chi connectivity index (χ0v) is 14.8. The summed E-state index contributed by atoms with van der Waals surface area (Å²) in [5.74, 6) is 1.95. The quantitative estimate of drug-likeness (QED) is 0.742. The average molecular weight is 337 g/mol. The fraction of sp³-hybridized carbons (Fsp3) is 1.00. The Morgan fingerprint density at radius 1 is 1.43 bits per heavy atom. The minimum Gasteiger partial charge on any atom is -0.381 e. The smallest absolute Gasteiger partial charge is 0.166 e. The molecule has 0 bridgehead atoms. The lowest BCUT2D eigenvalue weighted by Gasteiger charge is -2.40. The first-order valence-electron chi connectivity index (χ1n) is 7.85. The number of nitrogens with one attached hydrogen (secondary N) is 1. The molecule has 2 rings (SSSR count). The van der Waals surface area contributed by atoms with Crippen molar-refractivity contribution in [1.29, 1.82) is 0 Å². The predicted octanol–water partition coefficient (Wildman–Crippen LogP) is 0.812. The highest BCUT2D eigenvalue weighted by Gasteiger charge is 2.41. The van der Waals surface area contributed by atoms with Crippen LogP contribution in [0.2, 0.25) is 0 Å². The van der Waals surface area contributed by atoms with Crippen molar-refractivity contribution in [2.45, 2.75) is 25.6 Å². The van der Waals surface area contributed by atoms with Crippen molar-refractivity contribution in [3.8, 4) is 0 Å². The topological polar surface area (TPSA) is 58.6 Å². The maximum Gasteiger partial charge on any atom is 0.166 e. The van der Waals surface area contributed by atoms with Gasteiger partial charge in [0, 0.05) is 48.9 Å². The lowest BCUT2D eigenvalue weighted by atomic mass is 9.86. The van der Waals surface area contributed by atoms with E-state index in [1.165, 1.54) is 0 Å². The molecule has 2 atom stereocenters. The Morgan fingerprint density at radius 2 is 2.24 bits per heavy atom. The van der Waals surface area contributed by atoms with Gasteiger partial charge >= 0.3 is 0 Å². The lowest BCUT2D eigenvalue weighted by Crippen LogP contribution is -2.54. The largest absolute Gasteiger partial charge is 0.381 e. The number of hydrogen-bond donors (Lipinski definition) is 1. The molecular formula is C14H28N2O3S2. The van der Waals surface area contributed by atoms with E-state index in [2.05, 4.69) is 17.1 Å². The lowest BCUT2D eigenvalue weighted by molar-refractivity contribution is 0.107. The van der Waals surface area contributed by atoms with Crippen LogP contribution in [0, 0.1) is 5.41 Å². The van der Waals surface area contributed by atoms with Crippen molar-refractivity contribution in [2.24, 2.45) is 5.41 Å². The number of hydrogen-bond acceptors (Lipinski definition) is 6. The minimum absolute atomic E-state index is 0.0690. The van der Waals surface area contributed by atoms with Crippen molar-refractivity contribution < 1.29 is 13.2 Å². The molecule has 0 aromatic heterocycles. The van der Waals surface area contributed by atoms with Crippen LogP contribution in [-0.4, -0.2) is 75.3 Å². The molecule has 0 aromatic carbocycles. The van der Waals surface area contributed by atoms with Crippen LogP contribution in [0.15, 0.2) is 0 Å². The summed E-state index contributed by atoms with van der Waals surface area (Å²) < 4.78 is 30.3.